The van der Waals surface area contributed by atoms with Crippen molar-refractivity contribution in [1.82, 2.24) is 0 Å². The molecule has 3 nitrogen and oxygen atoms in total. The van der Waals surface area contributed by atoms with Crippen LogP contribution in [0.3, 0.4) is 0 Å². The van der Waals surface area contributed by atoms with Crippen LogP contribution in [-0.2, 0) is 4.79 Å². The Hall–Kier alpha value is -1.81. The second-order valence-electron chi connectivity index (χ2n) is 5.19. The zero-order valence-electron chi connectivity index (χ0n) is 12.5. The van der Waals surface area contributed by atoms with E-state index in [0.717, 1.165) is 27.0 Å². The summed E-state index contributed by atoms with van der Waals surface area (Å²) in [7, 11) is 0. The number of rotatable bonds is 4. The molecule has 0 bridgehead atoms. The van der Waals surface area contributed by atoms with E-state index in [-0.39, 0.29) is 12.5 Å². The predicted molar refractivity (Wildman–Crippen MR) is 91.9 cm³/mol. The highest BCUT2D eigenvalue weighted by Crippen LogP contribution is 2.22. The second-order valence-corrected chi connectivity index (χ2v) is 6.10. The molecule has 1 amide bonds. The van der Waals surface area contributed by atoms with Gasteiger partial charge in [0.25, 0.3) is 0 Å². The summed E-state index contributed by atoms with van der Waals surface area (Å²) in [6, 6.07) is 11.9. The lowest BCUT2D eigenvalue weighted by molar-refractivity contribution is -0.114. The van der Waals surface area contributed by atoms with Crippen molar-refractivity contribution in [1.29, 1.82) is 0 Å². The van der Waals surface area contributed by atoms with Crippen LogP contribution in [0, 0.1) is 20.8 Å². The van der Waals surface area contributed by atoms with Gasteiger partial charge in [-0.25, -0.2) is 0 Å². The molecule has 0 saturated carbocycles. The molecule has 2 N–H and O–H groups in total. The lowest BCUT2D eigenvalue weighted by Gasteiger charge is -2.13. The average Bonchev–Trinajstić information content (AvgIpc) is 2.40. The summed E-state index contributed by atoms with van der Waals surface area (Å²) in [6.07, 6.45) is 0. The van der Waals surface area contributed by atoms with Gasteiger partial charge in [-0.1, -0.05) is 39.7 Å². The SMILES string of the molecule is Cc1cc(C)c(NC(=O)CNc2cccc(Br)c2)c(C)c1. The van der Waals surface area contributed by atoms with E-state index in [0.29, 0.717) is 0 Å². The third-order valence-corrected chi connectivity index (χ3v) is 3.71. The summed E-state index contributed by atoms with van der Waals surface area (Å²) < 4.78 is 0.984. The second kappa shape index (κ2) is 6.76. The average molecular weight is 347 g/mol. The van der Waals surface area contributed by atoms with E-state index in [1.54, 1.807) is 0 Å². The van der Waals surface area contributed by atoms with Crippen LogP contribution in [0.25, 0.3) is 0 Å². The van der Waals surface area contributed by atoms with Gasteiger partial charge in [0.1, 0.15) is 0 Å². The van der Waals surface area contributed by atoms with E-state index in [1.807, 2.05) is 38.1 Å². The van der Waals surface area contributed by atoms with E-state index in [9.17, 15) is 4.79 Å². The number of hydrogen-bond donors (Lipinski definition) is 2. The van der Waals surface area contributed by atoms with Crippen LogP contribution in [0.2, 0.25) is 0 Å². The first-order valence-corrected chi connectivity index (χ1v) is 7.62. The molecule has 0 fully saturated rings. The molecule has 0 unspecified atom stereocenters. The topological polar surface area (TPSA) is 41.1 Å². The number of anilines is 2. The lowest BCUT2D eigenvalue weighted by Crippen LogP contribution is -2.22. The van der Waals surface area contributed by atoms with Crippen LogP contribution in [0.1, 0.15) is 16.7 Å². The molecule has 0 atom stereocenters. The quantitative estimate of drug-likeness (QED) is 0.859. The Morgan fingerprint density at radius 1 is 1.10 bits per heavy atom. The highest BCUT2D eigenvalue weighted by molar-refractivity contribution is 9.10. The zero-order chi connectivity index (χ0) is 15.4. The monoisotopic (exact) mass is 346 g/mol. The van der Waals surface area contributed by atoms with Crippen molar-refractivity contribution >= 4 is 33.2 Å². The number of halogens is 1. The number of nitrogens with one attached hydrogen (secondary N) is 2. The summed E-state index contributed by atoms with van der Waals surface area (Å²) in [5.74, 6) is -0.0509. The fraction of sp³-hybridized carbons (Fsp3) is 0.235. The van der Waals surface area contributed by atoms with Crippen molar-refractivity contribution in [2.75, 3.05) is 17.2 Å². The predicted octanol–water partition coefficient (Wildman–Crippen LogP) is 4.42. The largest absolute Gasteiger partial charge is 0.376 e. The first-order valence-electron chi connectivity index (χ1n) is 6.83. The molecule has 0 aromatic heterocycles. The first-order chi connectivity index (χ1) is 9.95. The van der Waals surface area contributed by atoms with Crippen molar-refractivity contribution in [3.8, 4) is 0 Å². The van der Waals surface area contributed by atoms with Gasteiger partial charge in [-0.05, 0) is 50.1 Å². The fourth-order valence-corrected chi connectivity index (χ4v) is 2.74. The molecule has 0 saturated heterocycles. The van der Waals surface area contributed by atoms with Crippen LogP contribution in [0.5, 0.6) is 0 Å². The standard InChI is InChI=1S/C17H19BrN2O/c1-11-7-12(2)17(13(3)8-11)20-16(21)10-19-15-6-4-5-14(18)9-15/h4-9,19H,10H2,1-3H3,(H,20,21). The summed E-state index contributed by atoms with van der Waals surface area (Å²) >= 11 is 3.41. The van der Waals surface area contributed by atoms with E-state index in [2.05, 4.69) is 45.6 Å². The molecule has 0 aliphatic carbocycles. The maximum atomic E-state index is 12.1. The number of aryl methyl sites for hydroxylation is 3. The molecule has 0 aliphatic rings. The molecule has 4 heteroatoms. The third kappa shape index (κ3) is 4.33. The van der Waals surface area contributed by atoms with E-state index >= 15 is 0 Å². The summed E-state index contributed by atoms with van der Waals surface area (Å²) in [5.41, 5.74) is 5.19. The van der Waals surface area contributed by atoms with Crippen LogP contribution < -0.4 is 10.6 Å². The van der Waals surface area contributed by atoms with Gasteiger partial charge in [0.15, 0.2) is 0 Å². The number of carbonyl (C=O) groups is 1. The van der Waals surface area contributed by atoms with Crippen LogP contribution in [0.4, 0.5) is 11.4 Å². The maximum Gasteiger partial charge on any atom is 0.243 e. The van der Waals surface area contributed by atoms with Gasteiger partial charge in [-0.3, -0.25) is 4.79 Å². The van der Waals surface area contributed by atoms with Gasteiger partial charge < -0.3 is 10.6 Å². The molecule has 2 rings (SSSR count). The van der Waals surface area contributed by atoms with Crippen molar-refractivity contribution < 1.29 is 4.79 Å². The van der Waals surface area contributed by atoms with E-state index in [4.69, 9.17) is 0 Å². The minimum atomic E-state index is -0.0509. The first kappa shape index (κ1) is 15.6. The van der Waals surface area contributed by atoms with Crippen molar-refractivity contribution in [3.05, 3.63) is 57.6 Å². The van der Waals surface area contributed by atoms with Gasteiger partial charge in [0, 0.05) is 15.8 Å². The van der Waals surface area contributed by atoms with Gasteiger partial charge in [0.2, 0.25) is 5.91 Å². The highest BCUT2D eigenvalue weighted by atomic mass is 79.9. The minimum absolute atomic E-state index is 0.0509. The number of hydrogen-bond acceptors (Lipinski definition) is 2. The summed E-state index contributed by atoms with van der Waals surface area (Å²) in [6.45, 7) is 6.32. The molecule has 2 aromatic rings. The lowest BCUT2D eigenvalue weighted by atomic mass is 10.1. The fourth-order valence-electron chi connectivity index (χ4n) is 2.34. The zero-order valence-corrected chi connectivity index (χ0v) is 14.0. The Morgan fingerprint density at radius 2 is 1.76 bits per heavy atom. The summed E-state index contributed by atoms with van der Waals surface area (Å²) in [5, 5.41) is 6.09. The van der Waals surface area contributed by atoms with E-state index in [1.165, 1.54) is 5.56 Å². The molecule has 0 radical (unpaired) electrons. The van der Waals surface area contributed by atoms with E-state index < -0.39 is 0 Å². The van der Waals surface area contributed by atoms with Crippen molar-refractivity contribution in [2.45, 2.75) is 20.8 Å². The highest BCUT2D eigenvalue weighted by Gasteiger charge is 2.08. The molecule has 0 spiro atoms. The smallest absolute Gasteiger partial charge is 0.243 e. The maximum absolute atomic E-state index is 12.1. The molecular formula is C17H19BrN2O. The van der Waals surface area contributed by atoms with Crippen molar-refractivity contribution in [2.24, 2.45) is 0 Å². The van der Waals surface area contributed by atoms with Gasteiger partial charge >= 0.3 is 0 Å². The number of benzene rings is 2. The third-order valence-electron chi connectivity index (χ3n) is 3.22. The normalized spacial score (nSPS) is 10.3. The molecule has 21 heavy (non-hydrogen) atoms. The molecular weight excluding hydrogens is 328 g/mol. The molecule has 2 aromatic carbocycles. The Bertz CT molecular complexity index is 645. The Labute approximate surface area is 133 Å². The van der Waals surface area contributed by atoms with Crippen LogP contribution in [-0.4, -0.2) is 12.5 Å². The van der Waals surface area contributed by atoms with Gasteiger partial charge in [-0.2, -0.15) is 0 Å². The Balaban J connectivity index is 1.99. The number of carbonyl (C=O) groups excluding carboxylic acids is 1. The van der Waals surface area contributed by atoms with Crippen molar-refractivity contribution in [3.63, 3.8) is 0 Å². The number of amides is 1. The van der Waals surface area contributed by atoms with Crippen LogP contribution in [0.15, 0.2) is 40.9 Å². The Kier molecular flexibility index (Phi) is 5.02. The van der Waals surface area contributed by atoms with Gasteiger partial charge in [-0.15, -0.1) is 0 Å². The minimum Gasteiger partial charge on any atom is -0.376 e. The van der Waals surface area contributed by atoms with Crippen LogP contribution >= 0.6 is 15.9 Å². The summed E-state index contributed by atoms with van der Waals surface area (Å²) in [4.78, 5) is 12.1. The molecule has 110 valence electrons. The van der Waals surface area contributed by atoms with Gasteiger partial charge in [0.05, 0.1) is 6.54 Å². The Morgan fingerprint density at radius 3 is 2.38 bits per heavy atom. The molecule has 0 heterocycles. The molecule has 0 aliphatic heterocycles.